The molecule has 9 rings (SSSR count). The van der Waals surface area contributed by atoms with E-state index in [4.69, 9.17) is 19.4 Å². The molecule has 289 valence electrons. The Balaban J connectivity index is 0.000000211. The van der Waals surface area contributed by atoms with Crippen molar-refractivity contribution in [2.24, 2.45) is 0 Å². The second kappa shape index (κ2) is 15.9. The molecule has 5 heterocycles. The third-order valence-electron chi connectivity index (χ3n) is 10.4. The molecule has 0 fully saturated rings. The van der Waals surface area contributed by atoms with Gasteiger partial charge in [-0.25, -0.2) is 4.98 Å². The minimum atomic E-state index is -1.34. The van der Waals surface area contributed by atoms with Crippen LogP contribution in [0.2, 0.25) is 19.6 Å². The van der Waals surface area contributed by atoms with Crippen LogP contribution in [0.15, 0.2) is 114 Å². The van der Waals surface area contributed by atoms with Crippen LogP contribution in [0.4, 0.5) is 0 Å². The van der Waals surface area contributed by atoms with Gasteiger partial charge in [0.15, 0.2) is 0 Å². The molecule has 0 amide bonds. The van der Waals surface area contributed by atoms with Crippen LogP contribution in [0.3, 0.4) is 0 Å². The van der Waals surface area contributed by atoms with E-state index in [2.05, 4.69) is 137 Å². The second-order valence-electron chi connectivity index (χ2n) is 16.3. The van der Waals surface area contributed by atoms with Crippen LogP contribution in [-0.2, 0) is 20.1 Å². The minimum absolute atomic E-state index is 0. The molecular formula is C49H47IrN5OSi-2. The molecule has 5 aromatic heterocycles. The number of pyridine rings is 3. The number of aromatic nitrogens is 5. The van der Waals surface area contributed by atoms with Gasteiger partial charge in [0, 0.05) is 54.4 Å². The number of nitrogens with zero attached hydrogens (tertiary/aromatic N) is 5. The van der Waals surface area contributed by atoms with Crippen molar-refractivity contribution in [1.82, 2.24) is 24.5 Å². The van der Waals surface area contributed by atoms with E-state index in [1.165, 1.54) is 10.8 Å². The third-order valence-corrected chi connectivity index (χ3v) is 12.5. The fourth-order valence-corrected chi connectivity index (χ4v) is 9.30. The maximum absolute atomic E-state index is 6.51. The van der Waals surface area contributed by atoms with Gasteiger partial charge >= 0.3 is 0 Å². The first-order valence-electron chi connectivity index (χ1n) is 19.4. The fourth-order valence-electron chi connectivity index (χ4n) is 7.62. The smallest absolute Gasteiger partial charge is 0.216 e. The molecule has 57 heavy (non-hydrogen) atoms. The van der Waals surface area contributed by atoms with E-state index in [1.807, 2.05) is 55.5 Å². The Morgan fingerprint density at radius 2 is 1.53 bits per heavy atom. The SMILES string of the molecule is CC(C)c1cc(-c2[c-]cccc2)ncc1[Si](C)(C)C.Cc1ccc2ccc3nc(-c4[c-]cc(C)c5c4oc4nc(-c6ccccc6)ccc45)n(C(C)C)c3c2n1.[Ir]. The number of fused-ring (bicyclic) bond motifs is 6. The van der Waals surface area contributed by atoms with Gasteiger partial charge in [0.2, 0.25) is 5.71 Å². The van der Waals surface area contributed by atoms with Gasteiger partial charge in [0.1, 0.15) is 0 Å². The molecule has 1 radical (unpaired) electrons. The normalized spacial score (nSPS) is 11.8. The summed E-state index contributed by atoms with van der Waals surface area (Å²) in [7, 11) is -1.34. The van der Waals surface area contributed by atoms with Crippen LogP contribution < -0.4 is 5.19 Å². The Labute approximate surface area is 349 Å². The van der Waals surface area contributed by atoms with Crippen LogP contribution in [-0.4, -0.2) is 32.6 Å². The number of hydrogen-bond donors (Lipinski definition) is 0. The zero-order valence-electron chi connectivity index (χ0n) is 34.0. The number of hydrogen-bond acceptors (Lipinski definition) is 5. The second-order valence-corrected chi connectivity index (χ2v) is 21.3. The van der Waals surface area contributed by atoms with Crippen molar-refractivity contribution in [2.75, 3.05) is 0 Å². The number of furan rings is 1. The van der Waals surface area contributed by atoms with Crippen molar-refractivity contribution in [2.45, 2.75) is 73.1 Å². The Morgan fingerprint density at radius 3 is 2.23 bits per heavy atom. The molecule has 8 heteroatoms. The van der Waals surface area contributed by atoms with E-state index in [1.54, 1.807) is 0 Å². The summed E-state index contributed by atoms with van der Waals surface area (Å²) in [6.07, 6.45) is 2.09. The van der Waals surface area contributed by atoms with Gasteiger partial charge in [-0.1, -0.05) is 105 Å². The van der Waals surface area contributed by atoms with E-state index in [-0.39, 0.29) is 26.1 Å². The third kappa shape index (κ3) is 7.62. The van der Waals surface area contributed by atoms with Gasteiger partial charge < -0.3 is 14.0 Å². The molecule has 0 unspecified atom stereocenters. The molecule has 0 saturated heterocycles. The number of aryl methyl sites for hydroxylation is 2. The molecule has 0 atom stereocenters. The molecule has 0 aliphatic rings. The Kier molecular flexibility index (Phi) is 11.2. The first-order chi connectivity index (χ1) is 26.9. The Bertz CT molecular complexity index is 2870. The molecule has 4 aromatic carbocycles. The van der Waals surface area contributed by atoms with Crippen molar-refractivity contribution < 1.29 is 24.5 Å². The maximum atomic E-state index is 6.51. The van der Waals surface area contributed by atoms with Crippen LogP contribution in [0.25, 0.3) is 77.9 Å². The predicted octanol–water partition coefficient (Wildman–Crippen LogP) is 12.4. The summed E-state index contributed by atoms with van der Waals surface area (Å²) in [6, 6.07) is 41.9. The average molecular weight is 942 g/mol. The summed E-state index contributed by atoms with van der Waals surface area (Å²) in [5, 5.41) is 4.63. The van der Waals surface area contributed by atoms with E-state index >= 15 is 0 Å². The van der Waals surface area contributed by atoms with Crippen molar-refractivity contribution in [3.05, 3.63) is 138 Å². The minimum Gasteiger partial charge on any atom is -0.486 e. The largest absolute Gasteiger partial charge is 0.486 e. The molecule has 0 aliphatic carbocycles. The summed E-state index contributed by atoms with van der Waals surface area (Å²) in [5.74, 6) is 1.36. The summed E-state index contributed by atoms with van der Waals surface area (Å²) in [4.78, 5) is 19.6. The van der Waals surface area contributed by atoms with Crippen LogP contribution in [0, 0.1) is 26.0 Å². The van der Waals surface area contributed by atoms with E-state index in [0.29, 0.717) is 11.6 Å². The molecule has 6 nitrogen and oxygen atoms in total. The fraction of sp³-hybridized carbons (Fsp3) is 0.224. The van der Waals surface area contributed by atoms with Gasteiger partial charge in [-0.2, -0.15) is 0 Å². The first kappa shape index (κ1) is 39.9. The average Bonchev–Trinajstić information content (AvgIpc) is 3.78. The van der Waals surface area contributed by atoms with Gasteiger partial charge in [0.05, 0.1) is 41.7 Å². The monoisotopic (exact) mass is 942 g/mol. The molecule has 9 aromatic rings. The van der Waals surface area contributed by atoms with Gasteiger partial charge in [0.25, 0.3) is 0 Å². The van der Waals surface area contributed by atoms with Crippen molar-refractivity contribution in [3.63, 3.8) is 0 Å². The summed E-state index contributed by atoms with van der Waals surface area (Å²) in [5.41, 5.74) is 12.7. The van der Waals surface area contributed by atoms with Crippen LogP contribution in [0.5, 0.6) is 0 Å². The molecule has 0 spiro atoms. The molecule has 0 bridgehead atoms. The molecule has 0 saturated carbocycles. The van der Waals surface area contributed by atoms with E-state index in [9.17, 15) is 0 Å². The molecule has 0 aliphatic heterocycles. The zero-order valence-corrected chi connectivity index (χ0v) is 37.4. The van der Waals surface area contributed by atoms with Crippen molar-refractivity contribution in [1.29, 1.82) is 0 Å². The van der Waals surface area contributed by atoms with Gasteiger partial charge in [-0.05, 0) is 61.8 Å². The number of benzene rings is 4. The standard InChI is InChI=1S/C32H25N4O.C17H22NSi.Ir/c1-18(2)36-29-26(16-13-22-12-11-20(4)33-28(22)29)34-31(36)24-14-10-19(3)27-23-15-17-25(21-8-6-5-7-9-21)35-32(23)37-30(24)27;1-13(2)15-11-16(14-9-7-6-8-10-14)18-12-17(15)19(3,4)5;/h5-13,15-18H,1-4H3;6-9,11-13H,1-5H3;/q2*-1;. The number of imidazole rings is 1. The van der Waals surface area contributed by atoms with E-state index in [0.717, 1.165) is 83.5 Å². The molecule has 0 N–H and O–H groups in total. The quantitative estimate of drug-likeness (QED) is 0.123. The van der Waals surface area contributed by atoms with Crippen molar-refractivity contribution >= 4 is 57.3 Å². The first-order valence-corrected chi connectivity index (χ1v) is 22.9. The Morgan fingerprint density at radius 1 is 0.772 bits per heavy atom. The summed E-state index contributed by atoms with van der Waals surface area (Å²) < 4.78 is 8.77. The zero-order chi connectivity index (χ0) is 39.3. The maximum Gasteiger partial charge on any atom is 0.216 e. The van der Waals surface area contributed by atoms with Gasteiger partial charge in [-0.15, -0.1) is 53.6 Å². The van der Waals surface area contributed by atoms with Crippen LogP contribution >= 0.6 is 0 Å². The van der Waals surface area contributed by atoms with Crippen LogP contribution in [0.1, 0.15) is 56.5 Å². The van der Waals surface area contributed by atoms with Crippen molar-refractivity contribution in [3.8, 4) is 33.9 Å². The Hall–Kier alpha value is -5.27. The van der Waals surface area contributed by atoms with Gasteiger partial charge in [-0.3, -0.25) is 9.97 Å². The number of rotatable bonds is 6. The predicted molar refractivity (Wildman–Crippen MR) is 235 cm³/mol. The van der Waals surface area contributed by atoms with E-state index < -0.39 is 8.07 Å². The topological polar surface area (TPSA) is 69.6 Å². The summed E-state index contributed by atoms with van der Waals surface area (Å²) >= 11 is 0. The molecular weight excluding hydrogens is 895 g/mol. The summed E-state index contributed by atoms with van der Waals surface area (Å²) in [6.45, 7) is 20.1.